The lowest BCUT2D eigenvalue weighted by Gasteiger charge is -2.36. The monoisotopic (exact) mass is 342 g/mol. The fourth-order valence-corrected chi connectivity index (χ4v) is 3.00. The highest BCUT2D eigenvalue weighted by Gasteiger charge is 2.26. The molecule has 0 spiro atoms. The second-order valence-corrected chi connectivity index (χ2v) is 6.46. The largest absolute Gasteiger partial charge is 0.339 e. The number of piperazine rings is 1. The molecule has 0 aromatic heterocycles. The van der Waals surface area contributed by atoms with Crippen molar-refractivity contribution in [3.63, 3.8) is 0 Å². The standard InChI is InChI=1S/C16H20Cl2N2O2/c1-3-11(2)15(21)19-4-6-20(7-5-19)16(22)12-8-13(17)10-14(18)9-12/h8-11H,3-7H2,1-2H3. The summed E-state index contributed by atoms with van der Waals surface area (Å²) < 4.78 is 0. The van der Waals surface area contributed by atoms with E-state index < -0.39 is 0 Å². The molecule has 6 heteroatoms. The highest BCUT2D eigenvalue weighted by atomic mass is 35.5. The number of halogens is 2. The number of nitrogens with zero attached hydrogens (tertiary/aromatic N) is 2. The Balaban J connectivity index is 1.99. The zero-order chi connectivity index (χ0) is 16.3. The van der Waals surface area contributed by atoms with E-state index in [1.54, 1.807) is 23.1 Å². The van der Waals surface area contributed by atoms with E-state index in [4.69, 9.17) is 23.2 Å². The second kappa shape index (κ2) is 7.34. The molecule has 1 unspecified atom stereocenters. The number of carbonyl (C=O) groups is 2. The zero-order valence-electron chi connectivity index (χ0n) is 12.8. The van der Waals surface area contributed by atoms with Crippen LogP contribution in [0.3, 0.4) is 0 Å². The molecule has 1 atom stereocenters. The summed E-state index contributed by atoms with van der Waals surface area (Å²) in [7, 11) is 0. The molecular formula is C16H20Cl2N2O2. The fraction of sp³-hybridized carbons (Fsp3) is 0.500. The van der Waals surface area contributed by atoms with Crippen molar-refractivity contribution >= 4 is 35.0 Å². The summed E-state index contributed by atoms with van der Waals surface area (Å²) in [6, 6.07) is 4.83. The summed E-state index contributed by atoms with van der Waals surface area (Å²) in [6.45, 7) is 6.15. The number of hydrogen-bond donors (Lipinski definition) is 0. The molecule has 1 aliphatic heterocycles. The van der Waals surface area contributed by atoms with Crippen LogP contribution in [0.2, 0.25) is 10.0 Å². The summed E-state index contributed by atoms with van der Waals surface area (Å²) in [5.74, 6) is 0.106. The summed E-state index contributed by atoms with van der Waals surface area (Å²) >= 11 is 11.9. The lowest BCUT2D eigenvalue weighted by Crippen LogP contribution is -2.51. The summed E-state index contributed by atoms with van der Waals surface area (Å²) in [5, 5.41) is 0.892. The maximum atomic E-state index is 12.5. The molecule has 1 aliphatic rings. The molecule has 1 aromatic rings. The number of amides is 2. The van der Waals surface area contributed by atoms with E-state index in [-0.39, 0.29) is 17.7 Å². The van der Waals surface area contributed by atoms with Crippen LogP contribution in [0.15, 0.2) is 18.2 Å². The number of rotatable bonds is 3. The molecule has 0 saturated carbocycles. The van der Waals surface area contributed by atoms with Gasteiger partial charge >= 0.3 is 0 Å². The normalized spacial score (nSPS) is 16.5. The van der Waals surface area contributed by atoms with Gasteiger partial charge in [0, 0.05) is 47.7 Å². The molecule has 2 rings (SSSR count). The van der Waals surface area contributed by atoms with Crippen LogP contribution in [0.4, 0.5) is 0 Å². The van der Waals surface area contributed by atoms with Crippen molar-refractivity contribution in [3.05, 3.63) is 33.8 Å². The van der Waals surface area contributed by atoms with E-state index in [0.29, 0.717) is 41.8 Å². The average Bonchev–Trinajstić information content (AvgIpc) is 2.52. The molecule has 120 valence electrons. The van der Waals surface area contributed by atoms with Crippen molar-refractivity contribution in [1.29, 1.82) is 0 Å². The summed E-state index contributed by atoms with van der Waals surface area (Å²) in [5.41, 5.74) is 0.485. The van der Waals surface area contributed by atoms with Gasteiger partial charge in [0.15, 0.2) is 0 Å². The van der Waals surface area contributed by atoms with Crippen molar-refractivity contribution < 1.29 is 9.59 Å². The SMILES string of the molecule is CCC(C)C(=O)N1CCN(C(=O)c2cc(Cl)cc(Cl)c2)CC1. The topological polar surface area (TPSA) is 40.6 Å². The Bertz CT molecular complexity index is 549. The Hall–Kier alpha value is -1.26. The van der Waals surface area contributed by atoms with Crippen molar-refractivity contribution in [3.8, 4) is 0 Å². The van der Waals surface area contributed by atoms with Gasteiger partial charge in [-0.3, -0.25) is 9.59 Å². The van der Waals surface area contributed by atoms with E-state index in [1.165, 1.54) is 0 Å². The van der Waals surface area contributed by atoms with Crippen molar-refractivity contribution in [1.82, 2.24) is 9.80 Å². The number of benzene rings is 1. The van der Waals surface area contributed by atoms with Crippen LogP contribution in [0.25, 0.3) is 0 Å². The quantitative estimate of drug-likeness (QED) is 0.845. The van der Waals surface area contributed by atoms with Gasteiger partial charge in [-0.2, -0.15) is 0 Å². The number of carbonyl (C=O) groups excluding carboxylic acids is 2. The van der Waals surface area contributed by atoms with E-state index in [1.807, 2.05) is 18.7 Å². The molecule has 2 amide bonds. The third-order valence-electron chi connectivity index (χ3n) is 4.02. The first-order valence-electron chi connectivity index (χ1n) is 7.46. The first-order chi connectivity index (χ1) is 10.4. The molecule has 0 N–H and O–H groups in total. The summed E-state index contributed by atoms with van der Waals surface area (Å²) in [6.07, 6.45) is 0.832. The van der Waals surface area contributed by atoms with Gasteiger partial charge in [0.25, 0.3) is 5.91 Å². The molecule has 0 radical (unpaired) electrons. The summed E-state index contributed by atoms with van der Waals surface area (Å²) in [4.78, 5) is 28.2. The van der Waals surface area contributed by atoms with Crippen LogP contribution < -0.4 is 0 Å². The molecular weight excluding hydrogens is 323 g/mol. The predicted octanol–water partition coefficient (Wildman–Crippen LogP) is 3.32. The molecule has 1 fully saturated rings. The maximum Gasteiger partial charge on any atom is 0.254 e. The minimum Gasteiger partial charge on any atom is -0.339 e. The van der Waals surface area contributed by atoms with Crippen LogP contribution in [0.1, 0.15) is 30.6 Å². The Morgan fingerprint density at radius 3 is 2.05 bits per heavy atom. The van der Waals surface area contributed by atoms with Gasteiger partial charge in [0.2, 0.25) is 5.91 Å². The lowest BCUT2D eigenvalue weighted by atomic mass is 10.1. The van der Waals surface area contributed by atoms with Crippen molar-refractivity contribution in [2.45, 2.75) is 20.3 Å². The molecule has 22 heavy (non-hydrogen) atoms. The molecule has 1 saturated heterocycles. The Labute approximate surface area is 141 Å². The zero-order valence-corrected chi connectivity index (χ0v) is 14.3. The van der Waals surface area contributed by atoms with E-state index in [0.717, 1.165) is 6.42 Å². The molecule has 1 heterocycles. The Kier molecular flexibility index (Phi) is 5.70. The second-order valence-electron chi connectivity index (χ2n) is 5.58. The van der Waals surface area contributed by atoms with Crippen LogP contribution in [0, 0.1) is 5.92 Å². The van der Waals surface area contributed by atoms with Gasteiger partial charge < -0.3 is 9.80 Å². The van der Waals surface area contributed by atoms with Crippen LogP contribution in [-0.2, 0) is 4.79 Å². The lowest BCUT2D eigenvalue weighted by molar-refractivity contribution is -0.136. The van der Waals surface area contributed by atoms with E-state index in [2.05, 4.69) is 0 Å². The average molecular weight is 343 g/mol. The fourth-order valence-electron chi connectivity index (χ4n) is 2.48. The first kappa shape index (κ1) is 17.1. The van der Waals surface area contributed by atoms with Gasteiger partial charge in [0.1, 0.15) is 0 Å². The highest BCUT2D eigenvalue weighted by molar-refractivity contribution is 6.35. The van der Waals surface area contributed by atoms with E-state index in [9.17, 15) is 9.59 Å². The third kappa shape index (κ3) is 3.93. The van der Waals surface area contributed by atoms with E-state index >= 15 is 0 Å². The van der Waals surface area contributed by atoms with Gasteiger partial charge in [-0.1, -0.05) is 37.0 Å². The first-order valence-corrected chi connectivity index (χ1v) is 8.22. The van der Waals surface area contributed by atoms with Crippen LogP contribution in [0.5, 0.6) is 0 Å². The Morgan fingerprint density at radius 1 is 1.05 bits per heavy atom. The van der Waals surface area contributed by atoms with Gasteiger partial charge in [-0.15, -0.1) is 0 Å². The highest BCUT2D eigenvalue weighted by Crippen LogP contribution is 2.21. The molecule has 0 bridgehead atoms. The molecule has 4 nitrogen and oxygen atoms in total. The minimum absolute atomic E-state index is 0.0361. The van der Waals surface area contributed by atoms with Gasteiger partial charge in [0.05, 0.1) is 0 Å². The molecule has 1 aromatic carbocycles. The van der Waals surface area contributed by atoms with Crippen LogP contribution >= 0.6 is 23.2 Å². The number of hydrogen-bond acceptors (Lipinski definition) is 2. The predicted molar refractivity (Wildman–Crippen MR) is 88.4 cm³/mol. The Morgan fingerprint density at radius 2 is 1.55 bits per heavy atom. The maximum absolute atomic E-state index is 12.5. The van der Waals surface area contributed by atoms with Gasteiger partial charge in [-0.05, 0) is 24.6 Å². The van der Waals surface area contributed by atoms with Crippen LogP contribution in [-0.4, -0.2) is 47.8 Å². The molecule has 0 aliphatic carbocycles. The minimum atomic E-state index is -0.0972. The third-order valence-corrected chi connectivity index (χ3v) is 4.46. The van der Waals surface area contributed by atoms with Crippen molar-refractivity contribution in [2.24, 2.45) is 5.92 Å². The van der Waals surface area contributed by atoms with Gasteiger partial charge in [-0.25, -0.2) is 0 Å². The smallest absolute Gasteiger partial charge is 0.254 e. The van der Waals surface area contributed by atoms with Crippen molar-refractivity contribution in [2.75, 3.05) is 26.2 Å².